The topological polar surface area (TPSA) is 44.4 Å². The normalized spacial score (nSPS) is 10.7. The molecular formula is C15H25N3O. The molecule has 1 amide bonds. The predicted octanol–water partition coefficient (Wildman–Crippen LogP) is 1.15. The fourth-order valence-electron chi connectivity index (χ4n) is 1.72. The van der Waals surface area contributed by atoms with Crippen molar-refractivity contribution in [3.05, 3.63) is 35.4 Å². The largest absolute Gasteiger partial charge is 0.352 e. The van der Waals surface area contributed by atoms with Crippen molar-refractivity contribution in [1.82, 2.24) is 15.5 Å². The Morgan fingerprint density at radius 3 is 2.63 bits per heavy atom. The van der Waals surface area contributed by atoms with Gasteiger partial charge in [-0.2, -0.15) is 0 Å². The van der Waals surface area contributed by atoms with Crippen molar-refractivity contribution in [3.8, 4) is 0 Å². The van der Waals surface area contributed by atoms with E-state index in [0.717, 1.165) is 19.6 Å². The molecule has 1 rings (SSSR count). The molecule has 0 aliphatic rings. The van der Waals surface area contributed by atoms with Crippen LogP contribution >= 0.6 is 0 Å². The van der Waals surface area contributed by atoms with Gasteiger partial charge in [0.15, 0.2) is 0 Å². The number of hydrogen-bond donors (Lipinski definition) is 2. The van der Waals surface area contributed by atoms with E-state index in [-0.39, 0.29) is 5.91 Å². The predicted molar refractivity (Wildman–Crippen MR) is 79.1 cm³/mol. The average Bonchev–Trinajstić information content (AvgIpc) is 2.37. The highest BCUT2D eigenvalue weighted by molar-refractivity contribution is 5.76. The van der Waals surface area contributed by atoms with Gasteiger partial charge in [0.1, 0.15) is 0 Å². The van der Waals surface area contributed by atoms with Crippen molar-refractivity contribution in [2.45, 2.75) is 19.9 Å². The third-order valence-corrected chi connectivity index (χ3v) is 3.00. The van der Waals surface area contributed by atoms with Crippen molar-refractivity contribution >= 4 is 5.91 Å². The summed E-state index contributed by atoms with van der Waals surface area (Å²) >= 11 is 0. The zero-order valence-electron chi connectivity index (χ0n) is 12.2. The number of nitrogens with zero attached hydrogens (tertiary/aromatic N) is 1. The molecule has 0 saturated heterocycles. The molecule has 1 aromatic carbocycles. The number of benzene rings is 1. The summed E-state index contributed by atoms with van der Waals surface area (Å²) in [6.07, 6.45) is 0.527. The van der Waals surface area contributed by atoms with E-state index < -0.39 is 0 Å². The van der Waals surface area contributed by atoms with Crippen LogP contribution in [-0.2, 0) is 11.3 Å². The Morgan fingerprint density at radius 1 is 1.21 bits per heavy atom. The van der Waals surface area contributed by atoms with Crippen LogP contribution in [0.25, 0.3) is 0 Å². The van der Waals surface area contributed by atoms with Crippen LogP contribution in [0.15, 0.2) is 24.3 Å². The summed E-state index contributed by atoms with van der Waals surface area (Å²) in [5.74, 6) is 0.0978. The Bertz CT molecular complexity index is 391. The van der Waals surface area contributed by atoms with Gasteiger partial charge in [0.25, 0.3) is 0 Å². The monoisotopic (exact) mass is 263 g/mol. The molecule has 0 spiro atoms. The minimum Gasteiger partial charge on any atom is -0.352 e. The molecule has 0 aliphatic carbocycles. The van der Waals surface area contributed by atoms with Gasteiger partial charge in [0.05, 0.1) is 0 Å². The highest BCUT2D eigenvalue weighted by atomic mass is 16.1. The highest BCUT2D eigenvalue weighted by Crippen LogP contribution is 2.05. The molecule has 1 aromatic rings. The standard InChI is InChI=1S/C15H25N3O/c1-13-6-4-5-7-14(13)12-17-15(19)8-9-16-10-11-18(2)3/h4-7,16H,8-12H2,1-3H3,(H,17,19). The molecule has 0 aliphatic heterocycles. The number of nitrogens with one attached hydrogen (secondary N) is 2. The third-order valence-electron chi connectivity index (χ3n) is 3.00. The minimum absolute atomic E-state index is 0.0978. The summed E-state index contributed by atoms with van der Waals surface area (Å²) in [5.41, 5.74) is 2.39. The molecule has 0 atom stereocenters. The molecule has 0 heterocycles. The molecule has 106 valence electrons. The first-order valence-electron chi connectivity index (χ1n) is 6.76. The van der Waals surface area contributed by atoms with Gasteiger partial charge in [-0.25, -0.2) is 0 Å². The van der Waals surface area contributed by atoms with E-state index in [1.54, 1.807) is 0 Å². The second-order valence-corrected chi connectivity index (χ2v) is 5.01. The molecule has 2 N–H and O–H groups in total. The molecule has 4 heteroatoms. The molecule has 19 heavy (non-hydrogen) atoms. The smallest absolute Gasteiger partial charge is 0.221 e. The Balaban J connectivity index is 2.13. The maximum Gasteiger partial charge on any atom is 0.221 e. The Labute approximate surface area is 116 Å². The second-order valence-electron chi connectivity index (χ2n) is 5.01. The summed E-state index contributed by atoms with van der Waals surface area (Å²) in [6.45, 7) is 5.31. The molecule has 4 nitrogen and oxygen atoms in total. The lowest BCUT2D eigenvalue weighted by molar-refractivity contribution is -0.121. The SMILES string of the molecule is Cc1ccccc1CNC(=O)CCNCCN(C)C. The fourth-order valence-corrected chi connectivity index (χ4v) is 1.72. The quantitative estimate of drug-likeness (QED) is 0.692. The molecule has 0 unspecified atom stereocenters. The van der Waals surface area contributed by atoms with Gasteiger partial charge < -0.3 is 15.5 Å². The zero-order chi connectivity index (χ0) is 14.1. The van der Waals surface area contributed by atoms with E-state index in [2.05, 4.69) is 28.5 Å². The van der Waals surface area contributed by atoms with Crippen molar-refractivity contribution in [2.24, 2.45) is 0 Å². The van der Waals surface area contributed by atoms with E-state index in [4.69, 9.17) is 0 Å². The van der Waals surface area contributed by atoms with Crippen LogP contribution in [-0.4, -0.2) is 44.5 Å². The van der Waals surface area contributed by atoms with Crippen LogP contribution in [0.3, 0.4) is 0 Å². The molecule has 0 radical (unpaired) electrons. The van der Waals surface area contributed by atoms with Crippen LogP contribution in [0.5, 0.6) is 0 Å². The number of rotatable bonds is 8. The number of carbonyl (C=O) groups excluding carboxylic acids is 1. The highest BCUT2D eigenvalue weighted by Gasteiger charge is 2.02. The van der Waals surface area contributed by atoms with E-state index in [1.807, 2.05) is 32.3 Å². The lowest BCUT2D eigenvalue weighted by atomic mass is 10.1. The van der Waals surface area contributed by atoms with Crippen molar-refractivity contribution in [3.63, 3.8) is 0 Å². The molecular weight excluding hydrogens is 238 g/mol. The lowest BCUT2D eigenvalue weighted by Gasteiger charge is -2.10. The van der Waals surface area contributed by atoms with Gasteiger partial charge in [-0.3, -0.25) is 4.79 Å². The number of amides is 1. The number of likely N-dealkylation sites (N-methyl/N-ethyl adjacent to an activating group) is 1. The maximum atomic E-state index is 11.7. The average molecular weight is 263 g/mol. The minimum atomic E-state index is 0.0978. The Hall–Kier alpha value is -1.39. The van der Waals surface area contributed by atoms with Gasteiger partial charge >= 0.3 is 0 Å². The van der Waals surface area contributed by atoms with Gasteiger partial charge in [-0.1, -0.05) is 24.3 Å². The van der Waals surface area contributed by atoms with Crippen molar-refractivity contribution < 1.29 is 4.79 Å². The summed E-state index contributed by atoms with van der Waals surface area (Å²) in [7, 11) is 4.08. The van der Waals surface area contributed by atoms with Gasteiger partial charge in [0.2, 0.25) is 5.91 Å². The second kappa shape index (κ2) is 8.67. The van der Waals surface area contributed by atoms with E-state index in [0.29, 0.717) is 13.0 Å². The van der Waals surface area contributed by atoms with Crippen LogP contribution in [0.4, 0.5) is 0 Å². The maximum absolute atomic E-state index is 11.7. The summed E-state index contributed by atoms with van der Waals surface area (Å²) in [4.78, 5) is 13.8. The summed E-state index contributed by atoms with van der Waals surface area (Å²) in [6, 6.07) is 8.11. The molecule has 0 bridgehead atoms. The third kappa shape index (κ3) is 6.94. The molecule has 0 aromatic heterocycles. The number of carbonyl (C=O) groups is 1. The summed E-state index contributed by atoms with van der Waals surface area (Å²) in [5, 5.41) is 6.20. The van der Waals surface area contributed by atoms with Gasteiger partial charge in [-0.15, -0.1) is 0 Å². The summed E-state index contributed by atoms with van der Waals surface area (Å²) < 4.78 is 0. The van der Waals surface area contributed by atoms with E-state index >= 15 is 0 Å². The molecule has 0 fully saturated rings. The first-order valence-corrected chi connectivity index (χ1v) is 6.76. The Morgan fingerprint density at radius 2 is 1.95 bits per heavy atom. The molecule has 0 saturated carbocycles. The number of hydrogen-bond acceptors (Lipinski definition) is 3. The van der Waals surface area contributed by atoms with E-state index in [9.17, 15) is 4.79 Å². The van der Waals surface area contributed by atoms with Gasteiger partial charge in [0, 0.05) is 32.6 Å². The number of aryl methyl sites for hydroxylation is 1. The van der Waals surface area contributed by atoms with Gasteiger partial charge in [-0.05, 0) is 32.1 Å². The zero-order valence-corrected chi connectivity index (χ0v) is 12.2. The first kappa shape index (κ1) is 15.7. The first-order chi connectivity index (χ1) is 9.09. The van der Waals surface area contributed by atoms with Crippen LogP contribution in [0, 0.1) is 6.92 Å². The van der Waals surface area contributed by atoms with Crippen molar-refractivity contribution in [1.29, 1.82) is 0 Å². The van der Waals surface area contributed by atoms with Crippen LogP contribution < -0.4 is 10.6 Å². The van der Waals surface area contributed by atoms with E-state index in [1.165, 1.54) is 11.1 Å². The fraction of sp³-hybridized carbons (Fsp3) is 0.533. The lowest BCUT2D eigenvalue weighted by Crippen LogP contribution is -2.31. The van der Waals surface area contributed by atoms with Crippen molar-refractivity contribution in [2.75, 3.05) is 33.7 Å². The van der Waals surface area contributed by atoms with Crippen LogP contribution in [0.2, 0.25) is 0 Å². The van der Waals surface area contributed by atoms with Crippen LogP contribution in [0.1, 0.15) is 17.5 Å². The Kier molecular flexibility index (Phi) is 7.15.